The number of fused-ring (bicyclic) bond motifs is 1. The summed E-state index contributed by atoms with van der Waals surface area (Å²) in [5.74, 6) is 1.42. The van der Waals surface area contributed by atoms with Crippen molar-refractivity contribution in [1.82, 2.24) is 0 Å². The van der Waals surface area contributed by atoms with Crippen LogP contribution in [0.1, 0.15) is 13.3 Å². The number of anilines is 1. The zero-order chi connectivity index (χ0) is 12.3. The van der Waals surface area contributed by atoms with Crippen LogP contribution in [0.4, 0.5) is 5.69 Å². The van der Waals surface area contributed by atoms with E-state index in [1.807, 2.05) is 25.1 Å². The maximum absolute atomic E-state index is 11.8. The van der Waals surface area contributed by atoms with E-state index in [2.05, 4.69) is 0 Å². The van der Waals surface area contributed by atoms with E-state index in [4.69, 9.17) is 15.2 Å². The molecular formula is C12H16N2O3. The van der Waals surface area contributed by atoms with Crippen molar-refractivity contribution in [2.24, 2.45) is 5.73 Å². The number of rotatable bonds is 4. The molecule has 1 aromatic rings. The first-order valence-corrected chi connectivity index (χ1v) is 5.66. The van der Waals surface area contributed by atoms with Crippen LogP contribution in [0.2, 0.25) is 0 Å². The molecule has 2 N–H and O–H groups in total. The summed E-state index contributed by atoms with van der Waals surface area (Å²) in [4.78, 5) is 13.5. The third-order valence-electron chi connectivity index (χ3n) is 2.64. The van der Waals surface area contributed by atoms with Gasteiger partial charge in [0.05, 0.1) is 0 Å². The molecule has 1 amide bonds. The molecule has 0 spiro atoms. The van der Waals surface area contributed by atoms with Gasteiger partial charge in [0.1, 0.15) is 0 Å². The van der Waals surface area contributed by atoms with Crippen LogP contribution in [0.3, 0.4) is 0 Å². The van der Waals surface area contributed by atoms with Crippen LogP contribution >= 0.6 is 0 Å². The van der Waals surface area contributed by atoms with Crippen molar-refractivity contribution in [3.8, 4) is 11.5 Å². The molecule has 0 saturated carbocycles. The zero-order valence-corrected chi connectivity index (χ0v) is 9.81. The van der Waals surface area contributed by atoms with E-state index in [0.717, 1.165) is 11.4 Å². The van der Waals surface area contributed by atoms with E-state index in [-0.39, 0.29) is 12.7 Å². The summed E-state index contributed by atoms with van der Waals surface area (Å²) in [5, 5.41) is 0. The molecule has 0 unspecified atom stereocenters. The Morgan fingerprint density at radius 3 is 2.88 bits per heavy atom. The largest absolute Gasteiger partial charge is 0.454 e. The van der Waals surface area contributed by atoms with Gasteiger partial charge in [-0.1, -0.05) is 0 Å². The van der Waals surface area contributed by atoms with Crippen molar-refractivity contribution >= 4 is 11.6 Å². The third kappa shape index (κ3) is 2.34. The summed E-state index contributed by atoms with van der Waals surface area (Å²) in [6.07, 6.45) is 0.349. The highest BCUT2D eigenvalue weighted by Gasteiger charge is 2.18. The topological polar surface area (TPSA) is 64.8 Å². The van der Waals surface area contributed by atoms with Crippen molar-refractivity contribution in [1.29, 1.82) is 0 Å². The van der Waals surface area contributed by atoms with Crippen LogP contribution in [0.15, 0.2) is 18.2 Å². The lowest BCUT2D eigenvalue weighted by Crippen LogP contribution is -2.31. The lowest BCUT2D eigenvalue weighted by atomic mass is 10.2. The summed E-state index contributed by atoms with van der Waals surface area (Å²) in [5.41, 5.74) is 6.21. The molecule has 0 atom stereocenters. The number of benzene rings is 1. The minimum atomic E-state index is 0.0221. The first-order chi connectivity index (χ1) is 8.26. The van der Waals surface area contributed by atoms with Gasteiger partial charge in [0.25, 0.3) is 0 Å². The Labute approximate surface area is 100 Å². The van der Waals surface area contributed by atoms with Gasteiger partial charge in [-0.25, -0.2) is 0 Å². The highest BCUT2D eigenvalue weighted by Crippen LogP contribution is 2.35. The quantitative estimate of drug-likeness (QED) is 0.850. The van der Waals surface area contributed by atoms with Crippen molar-refractivity contribution in [2.45, 2.75) is 13.3 Å². The van der Waals surface area contributed by atoms with E-state index >= 15 is 0 Å². The molecule has 5 heteroatoms. The van der Waals surface area contributed by atoms with Gasteiger partial charge in [0.2, 0.25) is 12.7 Å². The Kier molecular flexibility index (Phi) is 3.49. The van der Waals surface area contributed by atoms with Crippen LogP contribution in [-0.2, 0) is 4.79 Å². The van der Waals surface area contributed by atoms with Crippen LogP contribution < -0.4 is 20.1 Å². The van der Waals surface area contributed by atoms with Crippen LogP contribution in [0.25, 0.3) is 0 Å². The zero-order valence-electron chi connectivity index (χ0n) is 9.81. The molecule has 0 aliphatic carbocycles. The number of amides is 1. The maximum Gasteiger partial charge on any atom is 0.231 e. The Hall–Kier alpha value is -1.75. The number of hydrogen-bond donors (Lipinski definition) is 1. The monoisotopic (exact) mass is 236 g/mol. The van der Waals surface area contributed by atoms with Crippen LogP contribution in [-0.4, -0.2) is 25.8 Å². The van der Waals surface area contributed by atoms with E-state index in [0.29, 0.717) is 25.3 Å². The highest BCUT2D eigenvalue weighted by molar-refractivity contribution is 5.93. The fourth-order valence-corrected chi connectivity index (χ4v) is 1.81. The fraction of sp³-hybridized carbons (Fsp3) is 0.417. The van der Waals surface area contributed by atoms with Crippen molar-refractivity contribution < 1.29 is 14.3 Å². The molecule has 1 aliphatic rings. The molecule has 2 rings (SSSR count). The second-order valence-electron chi connectivity index (χ2n) is 3.71. The van der Waals surface area contributed by atoms with E-state index in [9.17, 15) is 4.79 Å². The Balaban J connectivity index is 2.22. The van der Waals surface area contributed by atoms with Gasteiger partial charge in [0.15, 0.2) is 11.5 Å². The van der Waals surface area contributed by atoms with Crippen molar-refractivity contribution in [2.75, 3.05) is 24.8 Å². The van der Waals surface area contributed by atoms with Gasteiger partial charge in [-0.3, -0.25) is 4.79 Å². The highest BCUT2D eigenvalue weighted by atomic mass is 16.7. The smallest absolute Gasteiger partial charge is 0.231 e. The average Bonchev–Trinajstić information content (AvgIpc) is 2.77. The molecule has 5 nitrogen and oxygen atoms in total. The standard InChI is InChI=1S/C12H16N2O3/c1-2-14(12(15)5-6-13)9-3-4-10-11(7-9)17-8-16-10/h3-4,7H,2,5-6,8,13H2,1H3. The first-order valence-electron chi connectivity index (χ1n) is 5.66. The predicted molar refractivity (Wildman–Crippen MR) is 64.3 cm³/mol. The molecule has 17 heavy (non-hydrogen) atoms. The molecule has 1 heterocycles. The fourth-order valence-electron chi connectivity index (χ4n) is 1.81. The Bertz CT molecular complexity index is 420. The molecule has 1 aliphatic heterocycles. The lowest BCUT2D eigenvalue weighted by Gasteiger charge is -2.21. The molecule has 0 fully saturated rings. The third-order valence-corrected chi connectivity index (χ3v) is 2.64. The van der Waals surface area contributed by atoms with Crippen LogP contribution in [0, 0.1) is 0 Å². The number of nitrogens with two attached hydrogens (primary N) is 1. The summed E-state index contributed by atoms with van der Waals surface area (Å²) >= 11 is 0. The minimum Gasteiger partial charge on any atom is -0.454 e. The summed E-state index contributed by atoms with van der Waals surface area (Å²) in [6, 6.07) is 5.49. The molecule has 92 valence electrons. The predicted octanol–water partition coefficient (Wildman–Crippen LogP) is 1.12. The van der Waals surface area contributed by atoms with Gasteiger partial charge in [-0.05, 0) is 19.1 Å². The van der Waals surface area contributed by atoms with E-state index in [1.165, 1.54) is 0 Å². The van der Waals surface area contributed by atoms with Gasteiger partial charge in [-0.15, -0.1) is 0 Å². The second-order valence-corrected chi connectivity index (χ2v) is 3.71. The van der Waals surface area contributed by atoms with Crippen molar-refractivity contribution in [3.63, 3.8) is 0 Å². The lowest BCUT2D eigenvalue weighted by molar-refractivity contribution is -0.118. The molecule has 0 bridgehead atoms. The summed E-state index contributed by atoms with van der Waals surface area (Å²) in [6.45, 7) is 3.14. The van der Waals surface area contributed by atoms with Gasteiger partial charge >= 0.3 is 0 Å². The molecular weight excluding hydrogens is 220 g/mol. The van der Waals surface area contributed by atoms with Gasteiger partial charge in [0, 0.05) is 31.3 Å². The maximum atomic E-state index is 11.8. The SMILES string of the molecule is CCN(C(=O)CCN)c1ccc2c(c1)OCO2. The summed E-state index contributed by atoms with van der Waals surface area (Å²) in [7, 11) is 0. The normalized spacial score (nSPS) is 12.6. The Morgan fingerprint density at radius 1 is 1.41 bits per heavy atom. The first kappa shape index (κ1) is 11.7. The molecule has 0 saturated heterocycles. The van der Waals surface area contributed by atoms with Crippen molar-refractivity contribution in [3.05, 3.63) is 18.2 Å². The van der Waals surface area contributed by atoms with E-state index < -0.39 is 0 Å². The summed E-state index contributed by atoms with van der Waals surface area (Å²) < 4.78 is 10.5. The average molecular weight is 236 g/mol. The van der Waals surface area contributed by atoms with Gasteiger partial charge in [-0.2, -0.15) is 0 Å². The second kappa shape index (κ2) is 5.05. The van der Waals surface area contributed by atoms with E-state index in [1.54, 1.807) is 4.90 Å². The molecule has 0 radical (unpaired) electrons. The van der Waals surface area contributed by atoms with Gasteiger partial charge < -0.3 is 20.1 Å². The molecule has 0 aromatic heterocycles. The number of carbonyl (C=O) groups is 1. The number of nitrogens with zero attached hydrogens (tertiary/aromatic N) is 1. The number of ether oxygens (including phenoxy) is 2. The minimum absolute atomic E-state index is 0.0221. The number of carbonyl (C=O) groups excluding carboxylic acids is 1. The number of hydrogen-bond acceptors (Lipinski definition) is 4. The van der Waals surface area contributed by atoms with Crippen LogP contribution in [0.5, 0.6) is 11.5 Å². The Morgan fingerprint density at radius 2 is 2.18 bits per heavy atom. The molecule has 1 aromatic carbocycles.